The Labute approximate surface area is 98.7 Å². The lowest BCUT2D eigenvalue weighted by Gasteiger charge is -2.26. The van der Waals surface area contributed by atoms with Crippen LogP contribution in [-0.4, -0.2) is 31.6 Å². The number of benzene rings is 1. The Morgan fingerprint density at radius 2 is 2.00 bits per heavy atom. The van der Waals surface area contributed by atoms with Crippen molar-refractivity contribution in [1.82, 2.24) is 10.2 Å². The molecular formula is C14H22N2. The summed E-state index contributed by atoms with van der Waals surface area (Å²) in [6.07, 6.45) is 3.77. The highest BCUT2D eigenvalue weighted by molar-refractivity contribution is 5.29. The van der Waals surface area contributed by atoms with Crippen molar-refractivity contribution < 1.29 is 0 Å². The molecule has 1 N–H and O–H groups in total. The lowest BCUT2D eigenvalue weighted by Crippen LogP contribution is -2.35. The number of hydrogen-bond acceptors (Lipinski definition) is 2. The van der Waals surface area contributed by atoms with Gasteiger partial charge < -0.3 is 10.2 Å². The van der Waals surface area contributed by atoms with Crippen LogP contribution in [0, 0.1) is 0 Å². The molecule has 0 amide bonds. The van der Waals surface area contributed by atoms with Gasteiger partial charge in [0, 0.05) is 12.6 Å². The lowest BCUT2D eigenvalue weighted by atomic mass is 9.93. The molecule has 1 aromatic rings. The lowest BCUT2D eigenvalue weighted by molar-refractivity contribution is 0.363. The zero-order valence-electron chi connectivity index (χ0n) is 10.4. The number of nitrogens with one attached hydrogen (secondary N) is 1. The van der Waals surface area contributed by atoms with Gasteiger partial charge in [0.25, 0.3) is 0 Å². The van der Waals surface area contributed by atoms with Crippen LogP contribution in [0.2, 0.25) is 0 Å². The van der Waals surface area contributed by atoms with Crippen LogP contribution in [0.5, 0.6) is 0 Å². The molecule has 0 fully saturated rings. The number of fused-ring (bicyclic) bond motifs is 1. The van der Waals surface area contributed by atoms with Crippen LogP contribution in [-0.2, 0) is 13.0 Å². The molecule has 0 spiro atoms. The third kappa shape index (κ3) is 3.06. The summed E-state index contributed by atoms with van der Waals surface area (Å²) in [5.41, 5.74) is 3.02. The Bertz CT molecular complexity index is 333. The second-order valence-corrected chi connectivity index (χ2v) is 5.00. The molecule has 2 heteroatoms. The topological polar surface area (TPSA) is 15.3 Å². The molecular weight excluding hydrogens is 196 g/mol. The first-order valence-corrected chi connectivity index (χ1v) is 6.20. The Kier molecular flexibility index (Phi) is 3.97. The first kappa shape index (κ1) is 11.6. The van der Waals surface area contributed by atoms with Crippen molar-refractivity contribution in [3.8, 4) is 0 Å². The number of hydrogen-bond donors (Lipinski definition) is 1. The van der Waals surface area contributed by atoms with Gasteiger partial charge in [-0.05, 0) is 51.0 Å². The molecule has 0 bridgehead atoms. The van der Waals surface area contributed by atoms with Crippen LogP contribution in [0.15, 0.2) is 24.3 Å². The first-order valence-electron chi connectivity index (χ1n) is 6.20. The molecule has 1 atom stereocenters. The van der Waals surface area contributed by atoms with Crippen molar-refractivity contribution in [2.75, 3.05) is 20.6 Å². The summed E-state index contributed by atoms with van der Waals surface area (Å²) in [6.45, 7) is 2.24. The van der Waals surface area contributed by atoms with E-state index in [1.807, 2.05) is 0 Å². The predicted octanol–water partition coefficient (Wildman–Crippen LogP) is 2.04. The third-order valence-electron chi connectivity index (χ3n) is 3.32. The molecule has 0 saturated carbocycles. The second-order valence-electron chi connectivity index (χ2n) is 5.00. The maximum Gasteiger partial charge on any atom is 0.0210 e. The van der Waals surface area contributed by atoms with E-state index in [0.717, 1.165) is 6.54 Å². The van der Waals surface area contributed by atoms with Gasteiger partial charge in [-0.2, -0.15) is 0 Å². The van der Waals surface area contributed by atoms with E-state index in [1.165, 1.54) is 36.9 Å². The average Bonchev–Trinajstić information content (AvgIpc) is 2.28. The molecule has 0 aliphatic carbocycles. The fourth-order valence-electron chi connectivity index (χ4n) is 2.38. The molecule has 0 saturated heterocycles. The van der Waals surface area contributed by atoms with Gasteiger partial charge in [-0.3, -0.25) is 0 Å². The molecule has 1 aromatic carbocycles. The number of nitrogens with zero attached hydrogens (tertiary/aromatic N) is 1. The van der Waals surface area contributed by atoms with Gasteiger partial charge >= 0.3 is 0 Å². The summed E-state index contributed by atoms with van der Waals surface area (Å²) in [6, 6.07) is 9.47. The second kappa shape index (κ2) is 5.46. The van der Waals surface area contributed by atoms with Crippen molar-refractivity contribution in [3.63, 3.8) is 0 Å². The van der Waals surface area contributed by atoms with E-state index < -0.39 is 0 Å². The summed E-state index contributed by atoms with van der Waals surface area (Å²) >= 11 is 0. The highest BCUT2D eigenvalue weighted by Crippen LogP contribution is 2.18. The fourth-order valence-corrected chi connectivity index (χ4v) is 2.38. The van der Waals surface area contributed by atoms with Crippen LogP contribution >= 0.6 is 0 Å². The molecule has 2 rings (SSSR count). The first-order chi connectivity index (χ1) is 7.75. The smallest absolute Gasteiger partial charge is 0.0210 e. The quantitative estimate of drug-likeness (QED) is 0.832. The highest BCUT2D eigenvalue weighted by atomic mass is 15.0. The molecule has 2 nitrogen and oxygen atoms in total. The molecule has 88 valence electrons. The van der Waals surface area contributed by atoms with Crippen LogP contribution in [0.1, 0.15) is 24.0 Å². The summed E-state index contributed by atoms with van der Waals surface area (Å²) in [7, 11) is 4.28. The van der Waals surface area contributed by atoms with Crippen LogP contribution in [0.25, 0.3) is 0 Å². The largest absolute Gasteiger partial charge is 0.310 e. The van der Waals surface area contributed by atoms with E-state index in [0.29, 0.717) is 6.04 Å². The fraction of sp³-hybridized carbons (Fsp3) is 0.571. The van der Waals surface area contributed by atoms with Gasteiger partial charge in [-0.15, -0.1) is 0 Å². The molecule has 16 heavy (non-hydrogen) atoms. The van der Waals surface area contributed by atoms with E-state index in [2.05, 4.69) is 48.6 Å². The normalized spacial score (nSPS) is 19.8. The maximum atomic E-state index is 3.63. The van der Waals surface area contributed by atoms with Crippen LogP contribution < -0.4 is 5.32 Å². The Hall–Kier alpha value is -0.860. The van der Waals surface area contributed by atoms with Crippen molar-refractivity contribution in [2.45, 2.75) is 31.8 Å². The van der Waals surface area contributed by atoms with Gasteiger partial charge in [0.15, 0.2) is 0 Å². The summed E-state index contributed by atoms with van der Waals surface area (Å²) in [5, 5.41) is 3.63. The average molecular weight is 218 g/mol. The van der Waals surface area contributed by atoms with Gasteiger partial charge in [0.1, 0.15) is 0 Å². The van der Waals surface area contributed by atoms with Gasteiger partial charge in [0.2, 0.25) is 0 Å². The van der Waals surface area contributed by atoms with Crippen molar-refractivity contribution in [1.29, 1.82) is 0 Å². The van der Waals surface area contributed by atoms with E-state index >= 15 is 0 Å². The minimum Gasteiger partial charge on any atom is -0.310 e. The summed E-state index contributed by atoms with van der Waals surface area (Å²) in [5.74, 6) is 0. The van der Waals surface area contributed by atoms with Crippen molar-refractivity contribution in [3.05, 3.63) is 35.4 Å². The molecule has 0 aromatic heterocycles. The monoisotopic (exact) mass is 218 g/mol. The van der Waals surface area contributed by atoms with E-state index in [4.69, 9.17) is 0 Å². The SMILES string of the molecule is CN(C)CCC[C@@H]1Cc2ccccc2CN1. The van der Waals surface area contributed by atoms with E-state index in [9.17, 15) is 0 Å². The van der Waals surface area contributed by atoms with Crippen molar-refractivity contribution >= 4 is 0 Å². The molecule has 1 aliphatic rings. The summed E-state index contributed by atoms with van der Waals surface area (Å²) in [4.78, 5) is 2.26. The zero-order chi connectivity index (χ0) is 11.4. The Morgan fingerprint density at radius 3 is 2.75 bits per heavy atom. The van der Waals surface area contributed by atoms with E-state index in [1.54, 1.807) is 0 Å². The minimum atomic E-state index is 0.676. The highest BCUT2D eigenvalue weighted by Gasteiger charge is 2.16. The van der Waals surface area contributed by atoms with Gasteiger partial charge in [-0.25, -0.2) is 0 Å². The maximum absolute atomic E-state index is 3.63. The number of rotatable bonds is 4. The Balaban J connectivity index is 1.83. The molecule has 1 heterocycles. The minimum absolute atomic E-state index is 0.676. The van der Waals surface area contributed by atoms with E-state index in [-0.39, 0.29) is 0 Å². The predicted molar refractivity (Wildman–Crippen MR) is 68.6 cm³/mol. The van der Waals surface area contributed by atoms with Crippen LogP contribution in [0.4, 0.5) is 0 Å². The third-order valence-corrected chi connectivity index (χ3v) is 3.32. The standard InChI is InChI=1S/C14H22N2/c1-16(2)9-5-8-14-10-12-6-3-4-7-13(12)11-15-14/h3-4,6-7,14-15H,5,8-11H2,1-2H3/t14-/m1/s1. The Morgan fingerprint density at radius 1 is 1.25 bits per heavy atom. The molecule has 0 radical (unpaired) electrons. The molecule has 1 aliphatic heterocycles. The van der Waals surface area contributed by atoms with Gasteiger partial charge in [0.05, 0.1) is 0 Å². The summed E-state index contributed by atoms with van der Waals surface area (Å²) < 4.78 is 0. The van der Waals surface area contributed by atoms with Crippen LogP contribution in [0.3, 0.4) is 0 Å². The molecule has 0 unspecified atom stereocenters. The zero-order valence-corrected chi connectivity index (χ0v) is 10.4. The van der Waals surface area contributed by atoms with Gasteiger partial charge in [-0.1, -0.05) is 24.3 Å². The van der Waals surface area contributed by atoms with Crippen molar-refractivity contribution in [2.24, 2.45) is 0 Å².